The normalized spacial score (nSPS) is 15.9. The van der Waals surface area contributed by atoms with Crippen LogP contribution in [0.4, 0.5) is 5.82 Å². The third-order valence-electron chi connectivity index (χ3n) is 4.37. The fourth-order valence-corrected chi connectivity index (χ4v) is 3.00. The van der Waals surface area contributed by atoms with Gasteiger partial charge in [-0.2, -0.15) is 5.10 Å². The van der Waals surface area contributed by atoms with Crippen molar-refractivity contribution in [2.75, 3.05) is 5.32 Å². The predicted octanol–water partition coefficient (Wildman–Crippen LogP) is 3.06. The second-order valence-electron chi connectivity index (χ2n) is 6.03. The SMILES string of the molecule is Cc1noc(C)c1Cn1ccc(NC(=O)C2CCCCC2)n1. The van der Waals surface area contributed by atoms with Crippen LogP contribution in [0.2, 0.25) is 0 Å². The summed E-state index contributed by atoms with van der Waals surface area (Å²) in [4.78, 5) is 12.2. The Morgan fingerprint density at radius 3 is 2.82 bits per heavy atom. The molecule has 1 N–H and O–H groups in total. The van der Waals surface area contributed by atoms with Crippen molar-refractivity contribution in [2.24, 2.45) is 5.92 Å². The summed E-state index contributed by atoms with van der Waals surface area (Å²) in [6.07, 6.45) is 7.40. The lowest BCUT2D eigenvalue weighted by Gasteiger charge is -2.19. The zero-order valence-corrected chi connectivity index (χ0v) is 13.1. The molecule has 0 aliphatic heterocycles. The Morgan fingerprint density at radius 2 is 2.14 bits per heavy atom. The maximum absolute atomic E-state index is 12.2. The molecule has 22 heavy (non-hydrogen) atoms. The molecule has 1 aliphatic rings. The molecule has 2 aromatic rings. The maximum Gasteiger partial charge on any atom is 0.228 e. The summed E-state index contributed by atoms with van der Waals surface area (Å²) >= 11 is 0. The first-order valence-electron chi connectivity index (χ1n) is 7.89. The van der Waals surface area contributed by atoms with Gasteiger partial charge in [-0.1, -0.05) is 24.4 Å². The smallest absolute Gasteiger partial charge is 0.228 e. The van der Waals surface area contributed by atoms with Crippen LogP contribution in [0.3, 0.4) is 0 Å². The van der Waals surface area contributed by atoms with E-state index in [-0.39, 0.29) is 11.8 Å². The molecule has 0 bridgehead atoms. The number of nitrogens with one attached hydrogen (secondary N) is 1. The Morgan fingerprint density at radius 1 is 1.36 bits per heavy atom. The number of hydrogen-bond donors (Lipinski definition) is 1. The largest absolute Gasteiger partial charge is 0.361 e. The van der Waals surface area contributed by atoms with Crippen LogP contribution in [-0.4, -0.2) is 20.8 Å². The zero-order valence-electron chi connectivity index (χ0n) is 13.1. The van der Waals surface area contributed by atoms with Crippen LogP contribution in [0.5, 0.6) is 0 Å². The van der Waals surface area contributed by atoms with Crippen LogP contribution in [0.15, 0.2) is 16.8 Å². The highest BCUT2D eigenvalue weighted by atomic mass is 16.5. The fourth-order valence-electron chi connectivity index (χ4n) is 3.00. The topological polar surface area (TPSA) is 73.0 Å². The van der Waals surface area contributed by atoms with Crippen LogP contribution < -0.4 is 5.32 Å². The van der Waals surface area contributed by atoms with Gasteiger partial charge < -0.3 is 9.84 Å². The summed E-state index contributed by atoms with van der Waals surface area (Å²) in [5.74, 6) is 1.66. The van der Waals surface area contributed by atoms with Gasteiger partial charge in [0.2, 0.25) is 5.91 Å². The van der Waals surface area contributed by atoms with E-state index in [0.29, 0.717) is 12.4 Å². The molecule has 2 aromatic heterocycles. The van der Waals surface area contributed by atoms with Gasteiger partial charge in [-0.05, 0) is 26.7 Å². The van der Waals surface area contributed by atoms with E-state index in [4.69, 9.17) is 4.52 Å². The second-order valence-corrected chi connectivity index (χ2v) is 6.03. The van der Waals surface area contributed by atoms with E-state index in [9.17, 15) is 4.79 Å². The van der Waals surface area contributed by atoms with Gasteiger partial charge in [-0.15, -0.1) is 0 Å². The van der Waals surface area contributed by atoms with E-state index in [2.05, 4.69) is 15.6 Å². The lowest BCUT2D eigenvalue weighted by atomic mass is 9.89. The summed E-state index contributed by atoms with van der Waals surface area (Å²) in [6.45, 7) is 4.41. The first kappa shape index (κ1) is 14.8. The van der Waals surface area contributed by atoms with E-state index in [1.807, 2.05) is 26.1 Å². The number of rotatable bonds is 4. The highest BCUT2D eigenvalue weighted by molar-refractivity contribution is 5.91. The average molecular weight is 302 g/mol. The summed E-state index contributed by atoms with van der Waals surface area (Å²) in [5, 5.41) is 11.3. The summed E-state index contributed by atoms with van der Waals surface area (Å²) < 4.78 is 6.95. The Balaban J connectivity index is 1.62. The molecule has 0 spiro atoms. The number of carbonyl (C=O) groups is 1. The zero-order chi connectivity index (χ0) is 15.5. The molecule has 1 saturated carbocycles. The lowest BCUT2D eigenvalue weighted by Crippen LogP contribution is -2.25. The van der Waals surface area contributed by atoms with E-state index in [1.165, 1.54) is 6.42 Å². The molecule has 0 saturated heterocycles. The van der Waals surface area contributed by atoms with E-state index >= 15 is 0 Å². The Kier molecular flexibility index (Phi) is 4.27. The van der Waals surface area contributed by atoms with Crippen molar-refractivity contribution in [1.29, 1.82) is 0 Å². The predicted molar refractivity (Wildman–Crippen MR) is 82.5 cm³/mol. The molecule has 0 radical (unpaired) electrons. The molecule has 3 rings (SSSR count). The molecule has 0 atom stereocenters. The third-order valence-corrected chi connectivity index (χ3v) is 4.37. The van der Waals surface area contributed by atoms with Gasteiger partial charge in [-0.3, -0.25) is 9.48 Å². The number of carbonyl (C=O) groups excluding carboxylic acids is 1. The Hall–Kier alpha value is -2.11. The average Bonchev–Trinajstić information content (AvgIpc) is 3.10. The van der Waals surface area contributed by atoms with E-state index < -0.39 is 0 Å². The number of aryl methyl sites for hydroxylation is 2. The van der Waals surface area contributed by atoms with Crippen molar-refractivity contribution in [2.45, 2.75) is 52.5 Å². The first-order valence-corrected chi connectivity index (χ1v) is 7.89. The molecule has 118 valence electrons. The first-order chi connectivity index (χ1) is 10.6. The molecular weight excluding hydrogens is 280 g/mol. The molecule has 1 amide bonds. The van der Waals surface area contributed by atoms with E-state index in [0.717, 1.165) is 42.7 Å². The van der Waals surface area contributed by atoms with Gasteiger partial charge in [-0.25, -0.2) is 0 Å². The molecule has 0 unspecified atom stereocenters. The van der Waals surface area contributed by atoms with Gasteiger partial charge in [0.25, 0.3) is 0 Å². The quantitative estimate of drug-likeness (QED) is 0.942. The molecule has 6 nitrogen and oxygen atoms in total. The standard InChI is InChI=1S/C16H22N4O2/c1-11-14(12(2)22-19-11)10-20-9-8-15(18-20)17-16(21)13-6-4-3-5-7-13/h8-9,13H,3-7,10H2,1-2H3,(H,17,18,21). The Labute approximate surface area is 129 Å². The maximum atomic E-state index is 12.2. The van der Waals surface area contributed by atoms with Gasteiger partial charge >= 0.3 is 0 Å². The summed E-state index contributed by atoms with van der Waals surface area (Å²) in [7, 11) is 0. The summed E-state index contributed by atoms with van der Waals surface area (Å²) in [6, 6.07) is 1.83. The summed E-state index contributed by atoms with van der Waals surface area (Å²) in [5.41, 5.74) is 1.91. The van der Waals surface area contributed by atoms with Crippen molar-refractivity contribution in [3.05, 3.63) is 29.3 Å². The molecule has 0 aromatic carbocycles. The minimum absolute atomic E-state index is 0.0993. The van der Waals surface area contributed by atoms with Crippen LogP contribution in [0, 0.1) is 19.8 Å². The van der Waals surface area contributed by atoms with Crippen molar-refractivity contribution < 1.29 is 9.32 Å². The van der Waals surface area contributed by atoms with Crippen LogP contribution in [-0.2, 0) is 11.3 Å². The van der Waals surface area contributed by atoms with Gasteiger partial charge in [0.05, 0.1) is 12.2 Å². The molecule has 1 aliphatic carbocycles. The number of hydrogen-bond acceptors (Lipinski definition) is 4. The minimum atomic E-state index is 0.0993. The van der Waals surface area contributed by atoms with Crippen LogP contribution in [0.1, 0.15) is 49.1 Å². The fraction of sp³-hybridized carbons (Fsp3) is 0.562. The number of nitrogens with zero attached hydrogens (tertiary/aromatic N) is 3. The van der Waals surface area contributed by atoms with Gasteiger partial charge in [0.15, 0.2) is 5.82 Å². The molecule has 1 fully saturated rings. The highest BCUT2D eigenvalue weighted by Crippen LogP contribution is 2.24. The monoisotopic (exact) mass is 302 g/mol. The van der Waals surface area contributed by atoms with Crippen molar-refractivity contribution in [1.82, 2.24) is 14.9 Å². The molecular formula is C16H22N4O2. The number of amides is 1. The van der Waals surface area contributed by atoms with Gasteiger partial charge in [0, 0.05) is 23.7 Å². The lowest BCUT2D eigenvalue weighted by molar-refractivity contribution is -0.120. The van der Waals surface area contributed by atoms with Crippen LogP contribution >= 0.6 is 0 Å². The second kappa shape index (κ2) is 6.34. The van der Waals surface area contributed by atoms with Crippen LogP contribution in [0.25, 0.3) is 0 Å². The van der Waals surface area contributed by atoms with Crippen molar-refractivity contribution >= 4 is 11.7 Å². The molecule has 2 heterocycles. The minimum Gasteiger partial charge on any atom is -0.361 e. The van der Waals surface area contributed by atoms with E-state index in [1.54, 1.807) is 4.68 Å². The Bertz CT molecular complexity index is 633. The number of anilines is 1. The van der Waals surface area contributed by atoms with Crippen molar-refractivity contribution in [3.8, 4) is 0 Å². The highest BCUT2D eigenvalue weighted by Gasteiger charge is 2.21. The number of aromatic nitrogens is 3. The van der Waals surface area contributed by atoms with Crippen molar-refractivity contribution in [3.63, 3.8) is 0 Å². The third kappa shape index (κ3) is 3.21. The van der Waals surface area contributed by atoms with Gasteiger partial charge in [0.1, 0.15) is 5.76 Å². The molecule has 6 heteroatoms.